The number of carbonyl (C=O) groups is 1. The van der Waals surface area contributed by atoms with E-state index >= 15 is 0 Å². The lowest BCUT2D eigenvalue weighted by molar-refractivity contribution is -0.127. The summed E-state index contributed by atoms with van der Waals surface area (Å²) in [7, 11) is 3.51. The third kappa shape index (κ3) is 7.17. The van der Waals surface area contributed by atoms with Gasteiger partial charge in [-0.2, -0.15) is 10.2 Å². The fourth-order valence-corrected chi connectivity index (χ4v) is 4.00. The van der Waals surface area contributed by atoms with Crippen molar-refractivity contribution < 1.29 is 14.1 Å². The smallest absolute Gasteiger partial charge is 0.258 e. The SMILES string of the molecule is CC.CC.CC(C)Oc1ccc(-c2nc(-c3cccc4c3CCC4NCC(=O)N(C)C)no2)cc1C#N. The standard InChI is InChI=1S/C25H27N5O3.2C2H6/c1-15(2)32-22-11-8-16(12-17(22)13-26)25-28-24(29-33-25)20-7-5-6-19-18(20)9-10-21(19)27-14-23(31)30(3)4;2*1-2/h5-8,11-12,15,21,27H,9-10,14H2,1-4H3;2*1-2H3. The number of rotatable bonds is 7. The van der Waals surface area contributed by atoms with Crippen LogP contribution in [0.3, 0.4) is 0 Å². The second-order valence-corrected chi connectivity index (χ2v) is 8.55. The molecule has 1 atom stereocenters. The number of carbonyl (C=O) groups excluding carboxylic acids is 1. The highest BCUT2D eigenvalue weighted by Crippen LogP contribution is 2.37. The molecule has 4 rings (SSSR count). The van der Waals surface area contributed by atoms with E-state index < -0.39 is 0 Å². The second-order valence-electron chi connectivity index (χ2n) is 8.55. The van der Waals surface area contributed by atoms with Gasteiger partial charge in [-0.3, -0.25) is 4.79 Å². The molecule has 0 saturated carbocycles. The number of nitrogens with zero attached hydrogens (tertiary/aromatic N) is 4. The topological polar surface area (TPSA) is 104 Å². The van der Waals surface area contributed by atoms with Crippen LogP contribution in [0.5, 0.6) is 5.75 Å². The van der Waals surface area contributed by atoms with Crippen LogP contribution in [0.4, 0.5) is 0 Å². The Hall–Kier alpha value is -3.70. The number of ether oxygens (including phenoxy) is 1. The minimum atomic E-state index is -0.0301. The Morgan fingerprint density at radius 1 is 1.22 bits per heavy atom. The van der Waals surface area contributed by atoms with Crippen LogP contribution in [0.25, 0.3) is 22.8 Å². The maximum atomic E-state index is 12.0. The number of fused-ring (bicyclic) bond motifs is 1. The third-order valence-corrected chi connectivity index (χ3v) is 5.65. The van der Waals surface area contributed by atoms with Gasteiger partial charge in [-0.1, -0.05) is 51.1 Å². The number of hydrogen-bond acceptors (Lipinski definition) is 7. The molecule has 1 aliphatic rings. The van der Waals surface area contributed by atoms with E-state index in [1.807, 2.05) is 59.7 Å². The lowest BCUT2D eigenvalue weighted by Gasteiger charge is -2.16. The van der Waals surface area contributed by atoms with Crippen molar-refractivity contribution in [2.24, 2.45) is 0 Å². The van der Waals surface area contributed by atoms with Crippen LogP contribution >= 0.6 is 0 Å². The van der Waals surface area contributed by atoms with E-state index in [2.05, 4.69) is 27.6 Å². The predicted octanol–water partition coefficient (Wildman–Crippen LogP) is 5.78. The minimum Gasteiger partial charge on any atom is -0.490 e. The van der Waals surface area contributed by atoms with Gasteiger partial charge >= 0.3 is 0 Å². The van der Waals surface area contributed by atoms with Crippen LogP contribution in [-0.2, 0) is 11.2 Å². The maximum Gasteiger partial charge on any atom is 0.258 e. The Morgan fingerprint density at radius 3 is 2.59 bits per heavy atom. The third-order valence-electron chi connectivity index (χ3n) is 5.65. The molecule has 1 aromatic heterocycles. The molecule has 0 radical (unpaired) electrons. The van der Waals surface area contributed by atoms with Crippen molar-refractivity contribution in [3.05, 3.63) is 53.1 Å². The van der Waals surface area contributed by atoms with Gasteiger partial charge in [0.05, 0.1) is 18.2 Å². The van der Waals surface area contributed by atoms with Gasteiger partial charge in [0.1, 0.15) is 11.8 Å². The van der Waals surface area contributed by atoms with Crippen molar-refractivity contribution in [2.45, 2.75) is 66.5 Å². The summed E-state index contributed by atoms with van der Waals surface area (Å²) in [6, 6.07) is 13.6. The summed E-state index contributed by atoms with van der Waals surface area (Å²) >= 11 is 0. The molecule has 198 valence electrons. The summed E-state index contributed by atoms with van der Waals surface area (Å²) in [4.78, 5) is 18.1. The zero-order valence-electron chi connectivity index (χ0n) is 23.3. The van der Waals surface area contributed by atoms with Crippen molar-refractivity contribution in [1.29, 1.82) is 5.26 Å². The van der Waals surface area contributed by atoms with E-state index in [0.29, 0.717) is 35.1 Å². The van der Waals surface area contributed by atoms with Gasteiger partial charge in [0.25, 0.3) is 5.89 Å². The van der Waals surface area contributed by atoms with Crippen molar-refractivity contribution in [1.82, 2.24) is 20.4 Å². The van der Waals surface area contributed by atoms with Gasteiger partial charge in [0.15, 0.2) is 0 Å². The molecule has 3 aromatic rings. The Labute approximate surface area is 220 Å². The fraction of sp³-hybridized carbons (Fsp3) is 0.448. The van der Waals surface area contributed by atoms with Crippen molar-refractivity contribution in [2.75, 3.05) is 20.6 Å². The summed E-state index contributed by atoms with van der Waals surface area (Å²) in [6.45, 7) is 12.1. The average Bonchev–Trinajstić information content (AvgIpc) is 3.57. The number of hydrogen-bond donors (Lipinski definition) is 1. The number of nitriles is 1. The number of benzene rings is 2. The van der Waals surface area contributed by atoms with Crippen molar-refractivity contribution in [3.8, 4) is 34.7 Å². The van der Waals surface area contributed by atoms with Crippen LogP contribution in [0.1, 0.15) is 70.7 Å². The van der Waals surface area contributed by atoms with Gasteiger partial charge in [0.2, 0.25) is 11.7 Å². The lowest BCUT2D eigenvalue weighted by atomic mass is 10.0. The molecule has 2 aromatic carbocycles. The van der Waals surface area contributed by atoms with Crippen LogP contribution in [0.2, 0.25) is 0 Å². The molecule has 37 heavy (non-hydrogen) atoms. The summed E-state index contributed by atoms with van der Waals surface area (Å²) < 4.78 is 11.2. The molecule has 8 nitrogen and oxygen atoms in total. The highest BCUT2D eigenvalue weighted by atomic mass is 16.5. The van der Waals surface area contributed by atoms with Gasteiger partial charge in [-0.05, 0) is 56.0 Å². The molecular formula is C29H39N5O3. The monoisotopic (exact) mass is 505 g/mol. The minimum absolute atomic E-state index is 0.0301. The van der Waals surface area contributed by atoms with Crippen LogP contribution < -0.4 is 10.1 Å². The van der Waals surface area contributed by atoms with Crippen LogP contribution in [0, 0.1) is 11.3 Å². The Kier molecular flexibility index (Phi) is 11.3. The zero-order chi connectivity index (χ0) is 27.5. The highest BCUT2D eigenvalue weighted by molar-refractivity contribution is 5.77. The first-order valence-electron chi connectivity index (χ1n) is 13.0. The van der Waals surface area contributed by atoms with Gasteiger partial charge in [-0.25, -0.2) is 0 Å². The van der Waals surface area contributed by atoms with Gasteiger partial charge < -0.3 is 19.5 Å². The summed E-state index contributed by atoms with van der Waals surface area (Å²) in [5.74, 6) is 1.43. The van der Waals surface area contributed by atoms with Gasteiger partial charge in [0, 0.05) is 31.3 Å². The van der Waals surface area contributed by atoms with Crippen LogP contribution in [-0.4, -0.2) is 47.7 Å². The molecule has 1 heterocycles. The molecule has 8 heteroatoms. The molecule has 1 unspecified atom stereocenters. The number of amides is 1. The van der Waals surface area contributed by atoms with E-state index in [0.717, 1.165) is 29.5 Å². The highest BCUT2D eigenvalue weighted by Gasteiger charge is 2.27. The Bertz CT molecular complexity index is 1210. The van der Waals surface area contributed by atoms with Gasteiger partial charge in [-0.15, -0.1) is 0 Å². The first kappa shape index (κ1) is 29.5. The first-order valence-corrected chi connectivity index (χ1v) is 13.0. The molecular weight excluding hydrogens is 466 g/mol. The Balaban J connectivity index is 0.00000115. The van der Waals surface area contributed by atoms with Crippen LogP contribution in [0.15, 0.2) is 40.9 Å². The maximum absolute atomic E-state index is 12.0. The molecule has 0 saturated heterocycles. The second kappa shape index (κ2) is 14.1. The molecule has 1 N–H and O–H groups in total. The largest absolute Gasteiger partial charge is 0.490 e. The van der Waals surface area contributed by atoms with E-state index in [-0.39, 0.29) is 18.1 Å². The zero-order valence-corrected chi connectivity index (χ0v) is 23.3. The van der Waals surface area contributed by atoms with E-state index in [1.54, 1.807) is 31.1 Å². The molecule has 1 aliphatic carbocycles. The number of likely N-dealkylation sites (N-methyl/N-ethyl adjacent to an activating group) is 1. The molecule has 0 spiro atoms. The lowest BCUT2D eigenvalue weighted by Crippen LogP contribution is -2.34. The fourth-order valence-electron chi connectivity index (χ4n) is 4.00. The average molecular weight is 506 g/mol. The quantitative estimate of drug-likeness (QED) is 0.434. The first-order chi connectivity index (χ1) is 17.9. The Morgan fingerprint density at radius 2 is 1.95 bits per heavy atom. The molecule has 1 amide bonds. The van der Waals surface area contributed by atoms with E-state index in [4.69, 9.17) is 9.26 Å². The number of aromatic nitrogens is 2. The predicted molar refractivity (Wildman–Crippen MR) is 146 cm³/mol. The summed E-state index contributed by atoms with van der Waals surface area (Å²) in [5.41, 5.74) is 4.33. The summed E-state index contributed by atoms with van der Waals surface area (Å²) in [5, 5.41) is 17.1. The van der Waals surface area contributed by atoms with E-state index in [1.165, 1.54) is 0 Å². The summed E-state index contributed by atoms with van der Waals surface area (Å²) in [6.07, 6.45) is 1.74. The normalized spacial score (nSPS) is 13.5. The van der Waals surface area contributed by atoms with Crippen molar-refractivity contribution >= 4 is 5.91 Å². The molecule has 0 aliphatic heterocycles. The number of nitrogens with one attached hydrogen (secondary N) is 1. The van der Waals surface area contributed by atoms with Crippen molar-refractivity contribution in [3.63, 3.8) is 0 Å². The van der Waals surface area contributed by atoms with E-state index in [9.17, 15) is 10.1 Å². The molecule has 0 fully saturated rings. The molecule has 0 bridgehead atoms.